The molecule has 5 rings (SSSR count). The third kappa shape index (κ3) is 4.37. The van der Waals surface area contributed by atoms with Crippen molar-refractivity contribution in [1.29, 1.82) is 5.26 Å². The number of methoxy groups -OCH3 is 1. The van der Waals surface area contributed by atoms with Gasteiger partial charge in [-0.3, -0.25) is 4.90 Å². The first-order valence-corrected chi connectivity index (χ1v) is 12.0. The number of benzene rings is 2. The van der Waals surface area contributed by atoms with Crippen LogP contribution in [0.15, 0.2) is 36.4 Å². The number of rotatable bonds is 5. The lowest BCUT2D eigenvalue weighted by molar-refractivity contribution is 0.153. The van der Waals surface area contributed by atoms with Crippen molar-refractivity contribution in [1.82, 2.24) is 15.2 Å². The summed E-state index contributed by atoms with van der Waals surface area (Å²) in [4.78, 5) is 9.95. The minimum Gasteiger partial charge on any atom is -0.495 e. The largest absolute Gasteiger partial charge is 0.495 e. The number of aromatic nitrogens is 1. The summed E-state index contributed by atoms with van der Waals surface area (Å²) in [6, 6.07) is 14.8. The van der Waals surface area contributed by atoms with Crippen molar-refractivity contribution in [2.24, 2.45) is 0 Å². The molecule has 32 heavy (non-hydrogen) atoms. The van der Waals surface area contributed by atoms with Crippen LogP contribution in [0.25, 0.3) is 10.2 Å². The molecule has 0 saturated carbocycles. The van der Waals surface area contributed by atoms with Crippen LogP contribution in [0, 0.1) is 11.3 Å². The van der Waals surface area contributed by atoms with Crippen LogP contribution in [0.3, 0.4) is 0 Å². The van der Waals surface area contributed by atoms with Crippen LogP contribution in [0.5, 0.6) is 5.75 Å². The van der Waals surface area contributed by atoms with E-state index >= 15 is 0 Å². The van der Waals surface area contributed by atoms with Gasteiger partial charge in [-0.1, -0.05) is 11.3 Å². The Bertz CT molecular complexity index is 1130. The van der Waals surface area contributed by atoms with Crippen molar-refractivity contribution < 1.29 is 4.74 Å². The molecule has 0 amide bonds. The molecule has 166 valence electrons. The summed E-state index contributed by atoms with van der Waals surface area (Å²) in [7, 11) is 1.63. The van der Waals surface area contributed by atoms with Crippen molar-refractivity contribution in [3.8, 4) is 11.8 Å². The topological polar surface area (TPSA) is 76.5 Å². The zero-order valence-electron chi connectivity index (χ0n) is 18.3. The molecule has 2 aliphatic rings. The molecule has 1 aromatic heterocycles. The number of hydrogen-bond donors (Lipinski definition) is 2. The van der Waals surface area contributed by atoms with Gasteiger partial charge in [0.2, 0.25) is 0 Å². The molecule has 3 aromatic rings. The fraction of sp³-hybridized carbons (Fsp3) is 0.417. The highest BCUT2D eigenvalue weighted by atomic mass is 32.1. The Hall–Kier alpha value is -2.86. The highest BCUT2D eigenvalue weighted by Gasteiger charge is 2.25. The normalized spacial score (nSPS) is 17.9. The number of anilines is 3. The van der Waals surface area contributed by atoms with Crippen LogP contribution in [0.2, 0.25) is 0 Å². The molecule has 0 unspecified atom stereocenters. The van der Waals surface area contributed by atoms with Crippen LogP contribution in [0.4, 0.5) is 16.5 Å². The van der Waals surface area contributed by atoms with Crippen molar-refractivity contribution in [3.63, 3.8) is 0 Å². The van der Waals surface area contributed by atoms with Crippen molar-refractivity contribution in [2.45, 2.75) is 18.9 Å². The highest BCUT2D eigenvalue weighted by molar-refractivity contribution is 7.22. The Morgan fingerprint density at radius 2 is 1.94 bits per heavy atom. The van der Waals surface area contributed by atoms with Gasteiger partial charge in [0.05, 0.1) is 34.6 Å². The number of ether oxygens (including phenoxy) is 1. The lowest BCUT2D eigenvalue weighted by Gasteiger charge is -2.41. The van der Waals surface area contributed by atoms with Crippen LogP contribution < -0.4 is 20.3 Å². The molecule has 2 N–H and O–H groups in total. The van der Waals surface area contributed by atoms with E-state index in [0.717, 1.165) is 66.3 Å². The van der Waals surface area contributed by atoms with Gasteiger partial charge in [-0.05, 0) is 62.3 Å². The van der Waals surface area contributed by atoms with E-state index in [2.05, 4.69) is 44.7 Å². The Morgan fingerprint density at radius 3 is 2.69 bits per heavy atom. The lowest BCUT2D eigenvalue weighted by atomic mass is 10.0. The molecule has 2 aliphatic heterocycles. The number of nitriles is 1. The summed E-state index contributed by atoms with van der Waals surface area (Å²) >= 11 is 1.61. The molecule has 0 bridgehead atoms. The first-order valence-electron chi connectivity index (χ1n) is 11.2. The van der Waals surface area contributed by atoms with E-state index in [-0.39, 0.29) is 0 Å². The predicted molar refractivity (Wildman–Crippen MR) is 130 cm³/mol. The first kappa shape index (κ1) is 21.0. The number of fused-ring (bicyclic) bond motifs is 1. The van der Waals surface area contributed by atoms with Crippen molar-refractivity contribution in [3.05, 3.63) is 42.0 Å². The SMILES string of the molecule is COc1ccc(C#N)cc1Nc1nc2cc(N3CCN(C4CCNCC4)CC3)ccc2s1. The number of piperidine rings is 1. The van der Waals surface area contributed by atoms with Crippen LogP contribution in [-0.2, 0) is 0 Å². The van der Waals surface area contributed by atoms with Gasteiger partial charge in [-0.25, -0.2) is 4.98 Å². The molecule has 0 aliphatic carbocycles. The molecule has 2 fully saturated rings. The molecule has 0 radical (unpaired) electrons. The molecule has 0 atom stereocenters. The first-order chi connectivity index (χ1) is 15.7. The summed E-state index contributed by atoms with van der Waals surface area (Å²) < 4.78 is 6.57. The standard InChI is InChI=1S/C24H28N6OS/c1-31-22-4-2-17(16-25)14-20(22)27-24-28-21-15-19(3-5-23(21)32-24)30-12-10-29(11-13-30)18-6-8-26-9-7-18/h2-5,14-15,18,26H,6-13H2,1H3,(H,27,28). The second-order valence-corrected chi connectivity index (χ2v) is 9.36. The van der Waals surface area contributed by atoms with Gasteiger partial charge in [0, 0.05) is 37.9 Å². The molecular weight excluding hydrogens is 420 g/mol. The number of hydrogen-bond acceptors (Lipinski definition) is 8. The molecule has 3 heterocycles. The summed E-state index contributed by atoms with van der Waals surface area (Å²) in [5, 5.41) is 16.8. The third-order valence-electron chi connectivity index (χ3n) is 6.45. The fourth-order valence-electron chi connectivity index (χ4n) is 4.67. The zero-order valence-corrected chi connectivity index (χ0v) is 19.1. The van der Waals surface area contributed by atoms with E-state index in [1.54, 1.807) is 36.6 Å². The van der Waals surface area contributed by atoms with Gasteiger partial charge < -0.3 is 20.3 Å². The number of nitrogens with one attached hydrogen (secondary N) is 2. The van der Waals surface area contributed by atoms with E-state index in [1.165, 1.54) is 18.5 Å². The molecule has 2 saturated heterocycles. The minimum atomic E-state index is 0.584. The van der Waals surface area contributed by atoms with Gasteiger partial charge in [0.1, 0.15) is 5.75 Å². The Balaban J connectivity index is 1.29. The van der Waals surface area contributed by atoms with Crippen molar-refractivity contribution >= 4 is 38.1 Å². The average Bonchev–Trinajstić information content (AvgIpc) is 3.26. The summed E-state index contributed by atoms with van der Waals surface area (Å²) in [6.45, 7) is 6.66. The predicted octanol–water partition coefficient (Wildman–Crippen LogP) is 3.79. The van der Waals surface area contributed by atoms with E-state index < -0.39 is 0 Å². The number of thiazole rings is 1. The van der Waals surface area contributed by atoms with Crippen LogP contribution >= 0.6 is 11.3 Å². The van der Waals surface area contributed by atoms with Gasteiger partial charge in [-0.2, -0.15) is 5.26 Å². The van der Waals surface area contributed by atoms with E-state index in [1.807, 2.05) is 0 Å². The minimum absolute atomic E-state index is 0.584. The number of nitrogens with zero attached hydrogens (tertiary/aromatic N) is 4. The van der Waals surface area contributed by atoms with Gasteiger partial charge in [0.25, 0.3) is 0 Å². The highest BCUT2D eigenvalue weighted by Crippen LogP contribution is 2.34. The Morgan fingerprint density at radius 1 is 1.12 bits per heavy atom. The van der Waals surface area contributed by atoms with Crippen molar-refractivity contribution in [2.75, 3.05) is 56.6 Å². The second-order valence-electron chi connectivity index (χ2n) is 8.33. The summed E-state index contributed by atoms with van der Waals surface area (Å²) in [5.74, 6) is 0.690. The van der Waals surface area contributed by atoms with E-state index in [4.69, 9.17) is 9.72 Å². The smallest absolute Gasteiger partial charge is 0.188 e. The maximum Gasteiger partial charge on any atom is 0.188 e. The zero-order chi connectivity index (χ0) is 21.9. The summed E-state index contributed by atoms with van der Waals surface area (Å²) in [6.07, 6.45) is 2.53. The molecule has 0 spiro atoms. The fourth-order valence-corrected chi connectivity index (χ4v) is 5.53. The quantitative estimate of drug-likeness (QED) is 0.615. The third-order valence-corrected chi connectivity index (χ3v) is 7.40. The van der Waals surface area contributed by atoms with Crippen LogP contribution in [-0.4, -0.2) is 62.3 Å². The molecular formula is C24H28N6OS. The maximum atomic E-state index is 9.21. The monoisotopic (exact) mass is 448 g/mol. The molecule has 7 nitrogen and oxygen atoms in total. The maximum absolute atomic E-state index is 9.21. The van der Waals surface area contributed by atoms with Gasteiger partial charge in [0.15, 0.2) is 5.13 Å². The Labute approximate surface area is 192 Å². The Kier molecular flexibility index (Phi) is 6.12. The lowest BCUT2D eigenvalue weighted by Crippen LogP contribution is -2.52. The van der Waals surface area contributed by atoms with Crippen LogP contribution in [0.1, 0.15) is 18.4 Å². The second kappa shape index (κ2) is 9.33. The van der Waals surface area contributed by atoms with E-state index in [0.29, 0.717) is 11.3 Å². The molecule has 2 aromatic carbocycles. The van der Waals surface area contributed by atoms with Gasteiger partial charge in [-0.15, -0.1) is 0 Å². The van der Waals surface area contributed by atoms with Gasteiger partial charge >= 0.3 is 0 Å². The molecule has 8 heteroatoms. The summed E-state index contributed by atoms with van der Waals surface area (Å²) in [5.41, 5.74) is 3.56. The van der Waals surface area contributed by atoms with E-state index in [9.17, 15) is 5.26 Å². The average molecular weight is 449 g/mol. The number of piperazine rings is 1.